The molecule has 0 aromatic heterocycles. The molecule has 3 nitrogen and oxygen atoms in total. The molecule has 3 N–H and O–H groups in total. The maximum Gasteiger partial charge on any atom is 0.0717 e. The van der Waals surface area contributed by atoms with Crippen molar-refractivity contribution in [3.05, 3.63) is 35.9 Å². The van der Waals surface area contributed by atoms with Crippen molar-refractivity contribution >= 4 is 0 Å². The molecule has 0 saturated carbocycles. The van der Waals surface area contributed by atoms with Gasteiger partial charge in [0, 0.05) is 6.04 Å². The van der Waals surface area contributed by atoms with Crippen LogP contribution < -0.4 is 11.3 Å². The molecular formula is C13H22N2O. The Labute approximate surface area is 98.0 Å². The maximum absolute atomic E-state index is 5.65. The van der Waals surface area contributed by atoms with Gasteiger partial charge in [0.25, 0.3) is 0 Å². The SMILES string of the molecule is CCC(C)C(COCc1ccccc1)NN. The first-order valence-corrected chi connectivity index (χ1v) is 5.85. The van der Waals surface area contributed by atoms with Gasteiger partial charge < -0.3 is 4.74 Å². The lowest BCUT2D eigenvalue weighted by Crippen LogP contribution is -2.43. The Morgan fingerprint density at radius 2 is 2.00 bits per heavy atom. The van der Waals surface area contributed by atoms with Gasteiger partial charge in [0.05, 0.1) is 13.2 Å². The van der Waals surface area contributed by atoms with E-state index in [4.69, 9.17) is 10.6 Å². The fourth-order valence-corrected chi connectivity index (χ4v) is 1.54. The Balaban J connectivity index is 2.28. The van der Waals surface area contributed by atoms with Crippen molar-refractivity contribution in [3.8, 4) is 0 Å². The van der Waals surface area contributed by atoms with Gasteiger partial charge in [-0.25, -0.2) is 0 Å². The van der Waals surface area contributed by atoms with Crippen LogP contribution >= 0.6 is 0 Å². The largest absolute Gasteiger partial charge is 0.375 e. The van der Waals surface area contributed by atoms with Crippen LogP contribution in [-0.4, -0.2) is 12.6 Å². The second kappa shape index (κ2) is 7.39. The summed E-state index contributed by atoms with van der Waals surface area (Å²) >= 11 is 0. The summed E-state index contributed by atoms with van der Waals surface area (Å²) in [4.78, 5) is 0. The molecule has 0 aliphatic rings. The lowest BCUT2D eigenvalue weighted by molar-refractivity contribution is 0.0833. The molecule has 2 atom stereocenters. The summed E-state index contributed by atoms with van der Waals surface area (Å²) < 4.78 is 5.65. The molecule has 0 aliphatic heterocycles. The van der Waals surface area contributed by atoms with Crippen molar-refractivity contribution in [2.75, 3.05) is 6.61 Å². The number of nitrogens with two attached hydrogens (primary N) is 1. The van der Waals surface area contributed by atoms with Crippen LogP contribution in [0.4, 0.5) is 0 Å². The predicted molar refractivity (Wildman–Crippen MR) is 66.7 cm³/mol. The Kier molecular flexibility index (Phi) is 6.08. The molecule has 0 aliphatic carbocycles. The van der Waals surface area contributed by atoms with Gasteiger partial charge in [-0.05, 0) is 11.5 Å². The molecule has 0 fully saturated rings. The molecule has 0 spiro atoms. The number of ether oxygens (including phenoxy) is 1. The van der Waals surface area contributed by atoms with Crippen LogP contribution in [0.2, 0.25) is 0 Å². The average molecular weight is 222 g/mol. The molecular weight excluding hydrogens is 200 g/mol. The average Bonchev–Trinajstić information content (AvgIpc) is 2.35. The van der Waals surface area contributed by atoms with Gasteiger partial charge in [0.15, 0.2) is 0 Å². The number of hydrogen-bond donors (Lipinski definition) is 2. The molecule has 0 radical (unpaired) electrons. The van der Waals surface area contributed by atoms with E-state index in [9.17, 15) is 0 Å². The maximum atomic E-state index is 5.65. The first-order chi connectivity index (χ1) is 7.77. The fourth-order valence-electron chi connectivity index (χ4n) is 1.54. The van der Waals surface area contributed by atoms with Crippen molar-refractivity contribution in [3.63, 3.8) is 0 Å². The van der Waals surface area contributed by atoms with E-state index in [0.717, 1.165) is 6.42 Å². The van der Waals surface area contributed by atoms with E-state index in [1.54, 1.807) is 0 Å². The lowest BCUT2D eigenvalue weighted by atomic mass is 10.0. The third kappa shape index (κ3) is 4.31. The molecule has 1 rings (SSSR count). The highest BCUT2D eigenvalue weighted by atomic mass is 16.5. The summed E-state index contributed by atoms with van der Waals surface area (Å²) in [5, 5.41) is 0. The van der Waals surface area contributed by atoms with Crippen molar-refractivity contribution in [2.45, 2.75) is 32.9 Å². The number of benzene rings is 1. The van der Waals surface area contributed by atoms with Crippen molar-refractivity contribution in [1.29, 1.82) is 0 Å². The summed E-state index contributed by atoms with van der Waals surface area (Å²) in [5.74, 6) is 6.03. The first-order valence-electron chi connectivity index (χ1n) is 5.85. The third-order valence-electron chi connectivity index (χ3n) is 2.95. The molecule has 1 aromatic rings. The quantitative estimate of drug-likeness (QED) is 0.548. The monoisotopic (exact) mass is 222 g/mol. The Morgan fingerprint density at radius 1 is 1.31 bits per heavy atom. The number of rotatable bonds is 7. The summed E-state index contributed by atoms with van der Waals surface area (Å²) in [6, 6.07) is 10.4. The van der Waals surface area contributed by atoms with E-state index in [1.807, 2.05) is 18.2 Å². The number of hydrogen-bond acceptors (Lipinski definition) is 3. The number of hydrazine groups is 1. The normalized spacial score (nSPS) is 14.7. The van der Waals surface area contributed by atoms with E-state index >= 15 is 0 Å². The van der Waals surface area contributed by atoms with E-state index in [1.165, 1.54) is 5.56 Å². The third-order valence-corrected chi connectivity index (χ3v) is 2.95. The van der Waals surface area contributed by atoms with Gasteiger partial charge in [-0.2, -0.15) is 0 Å². The van der Waals surface area contributed by atoms with Crippen LogP contribution in [0, 0.1) is 5.92 Å². The number of nitrogens with one attached hydrogen (secondary N) is 1. The minimum absolute atomic E-state index is 0.230. The molecule has 0 bridgehead atoms. The lowest BCUT2D eigenvalue weighted by Gasteiger charge is -2.21. The molecule has 1 aromatic carbocycles. The summed E-state index contributed by atoms with van der Waals surface area (Å²) in [6.07, 6.45) is 1.10. The molecule has 0 saturated heterocycles. The fraction of sp³-hybridized carbons (Fsp3) is 0.538. The standard InChI is InChI=1S/C13H22N2O/c1-3-11(2)13(15-14)10-16-9-12-7-5-4-6-8-12/h4-8,11,13,15H,3,9-10,14H2,1-2H3. The molecule has 0 amide bonds. The Morgan fingerprint density at radius 3 is 2.56 bits per heavy atom. The summed E-state index contributed by atoms with van der Waals surface area (Å²) in [7, 11) is 0. The van der Waals surface area contributed by atoms with Crippen LogP contribution in [0.25, 0.3) is 0 Å². The predicted octanol–water partition coefficient (Wildman–Crippen LogP) is 2.08. The first kappa shape index (κ1) is 13.2. The Hall–Kier alpha value is -0.900. The van der Waals surface area contributed by atoms with Crippen LogP contribution in [0.3, 0.4) is 0 Å². The summed E-state index contributed by atoms with van der Waals surface area (Å²) in [6.45, 7) is 5.64. The Bertz CT molecular complexity index is 277. The smallest absolute Gasteiger partial charge is 0.0717 e. The van der Waals surface area contributed by atoms with E-state index in [0.29, 0.717) is 19.1 Å². The van der Waals surface area contributed by atoms with Crippen LogP contribution in [0.5, 0.6) is 0 Å². The summed E-state index contributed by atoms with van der Waals surface area (Å²) in [5.41, 5.74) is 4.01. The molecule has 2 unspecified atom stereocenters. The van der Waals surface area contributed by atoms with Gasteiger partial charge in [0.2, 0.25) is 0 Å². The highest BCUT2D eigenvalue weighted by Gasteiger charge is 2.13. The molecule has 16 heavy (non-hydrogen) atoms. The van der Waals surface area contributed by atoms with Gasteiger partial charge in [-0.3, -0.25) is 11.3 Å². The van der Waals surface area contributed by atoms with Gasteiger partial charge in [-0.15, -0.1) is 0 Å². The second-order valence-electron chi connectivity index (χ2n) is 4.16. The zero-order valence-electron chi connectivity index (χ0n) is 10.1. The van der Waals surface area contributed by atoms with Crippen LogP contribution in [0.1, 0.15) is 25.8 Å². The second-order valence-corrected chi connectivity index (χ2v) is 4.16. The van der Waals surface area contributed by atoms with E-state index in [-0.39, 0.29) is 6.04 Å². The van der Waals surface area contributed by atoms with E-state index < -0.39 is 0 Å². The highest BCUT2D eigenvalue weighted by molar-refractivity contribution is 5.13. The van der Waals surface area contributed by atoms with Gasteiger partial charge in [-0.1, -0.05) is 50.6 Å². The molecule has 3 heteroatoms. The molecule has 0 heterocycles. The highest BCUT2D eigenvalue weighted by Crippen LogP contribution is 2.08. The minimum atomic E-state index is 0.230. The van der Waals surface area contributed by atoms with Crippen LogP contribution in [0.15, 0.2) is 30.3 Å². The van der Waals surface area contributed by atoms with Gasteiger partial charge in [0.1, 0.15) is 0 Å². The van der Waals surface area contributed by atoms with Crippen molar-refractivity contribution in [2.24, 2.45) is 11.8 Å². The van der Waals surface area contributed by atoms with Gasteiger partial charge >= 0.3 is 0 Å². The van der Waals surface area contributed by atoms with E-state index in [2.05, 4.69) is 31.4 Å². The minimum Gasteiger partial charge on any atom is -0.375 e. The zero-order valence-corrected chi connectivity index (χ0v) is 10.1. The molecule has 90 valence electrons. The topological polar surface area (TPSA) is 47.3 Å². The van der Waals surface area contributed by atoms with Crippen molar-refractivity contribution < 1.29 is 4.74 Å². The van der Waals surface area contributed by atoms with Crippen molar-refractivity contribution in [1.82, 2.24) is 5.43 Å². The zero-order chi connectivity index (χ0) is 11.8. The van der Waals surface area contributed by atoms with Crippen LogP contribution in [-0.2, 0) is 11.3 Å².